The van der Waals surface area contributed by atoms with Crippen LogP contribution in [0.1, 0.15) is 68.6 Å². The van der Waals surface area contributed by atoms with Crippen LogP contribution in [0.2, 0.25) is 0 Å². The molecular formula is C23H28F6N2O. The highest BCUT2D eigenvalue weighted by molar-refractivity contribution is 5.79. The van der Waals surface area contributed by atoms with Crippen LogP contribution in [0.25, 0.3) is 0 Å². The SMILES string of the molecule is CC=C1CCC(N[C@@H]2CC[C@H](C(=O)NCc3cc(C(F)(F)F)cc(C(F)(F)F)c3)C2)CC1. The number of hydrogen-bond acceptors (Lipinski definition) is 2. The molecule has 9 heteroatoms. The molecule has 0 aromatic heterocycles. The van der Waals surface area contributed by atoms with Gasteiger partial charge in [-0.05, 0) is 75.6 Å². The van der Waals surface area contributed by atoms with Crippen LogP contribution in [0.5, 0.6) is 0 Å². The van der Waals surface area contributed by atoms with Crippen molar-refractivity contribution >= 4 is 5.91 Å². The highest BCUT2D eigenvalue weighted by Crippen LogP contribution is 2.36. The molecule has 1 amide bonds. The van der Waals surface area contributed by atoms with Gasteiger partial charge < -0.3 is 10.6 Å². The molecule has 1 aromatic carbocycles. The number of alkyl halides is 6. The number of nitrogens with one attached hydrogen (secondary N) is 2. The Kier molecular flexibility index (Phi) is 7.57. The third-order valence-electron chi connectivity index (χ3n) is 6.43. The number of hydrogen-bond donors (Lipinski definition) is 2. The Hall–Kier alpha value is -2.03. The van der Waals surface area contributed by atoms with Crippen molar-refractivity contribution in [3.63, 3.8) is 0 Å². The van der Waals surface area contributed by atoms with Crippen molar-refractivity contribution in [3.05, 3.63) is 46.5 Å². The summed E-state index contributed by atoms with van der Waals surface area (Å²) in [5.41, 5.74) is -1.52. The zero-order chi connectivity index (χ0) is 23.5. The van der Waals surface area contributed by atoms with Gasteiger partial charge >= 0.3 is 12.4 Å². The molecule has 2 atom stereocenters. The molecule has 2 fully saturated rings. The van der Waals surface area contributed by atoms with E-state index < -0.39 is 23.5 Å². The first kappa shape index (κ1) is 24.6. The quantitative estimate of drug-likeness (QED) is 0.417. The summed E-state index contributed by atoms with van der Waals surface area (Å²) >= 11 is 0. The number of halogens is 6. The molecule has 3 rings (SSSR count). The molecule has 2 aliphatic carbocycles. The molecule has 0 bridgehead atoms. The Morgan fingerprint density at radius 3 is 2.06 bits per heavy atom. The summed E-state index contributed by atoms with van der Waals surface area (Å²) in [6, 6.07) is 2.00. The maximum atomic E-state index is 13.0. The lowest BCUT2D eigenvalue weighted by molar-refractivity contribution is -0.143. The summed E-state index contributed by atoms with van der Waals surface area (Å²) in [6.45, 7) is 1.67. The number of carbonyl (C=O) groups excluding carboxylic acids is 1. The zero-order valence-corrected chi connectivity index (χ0v) is 17.9. The monoisotopic (exact) mass is 462 g/mol. The van der Waals surface area contributed by atoms with Gasteiger partial charge in [0.1, 0.15) is 0 Å². The Morgan fingerprint density at radius 2 is 1.53 bits per heavy atom. The van der Waals surface area contributed by atoms with Crippen molar-refractivity contribution in [2.45, 2.75) is 82.9 Å². The molecule has 0 radical (unpaired) electrons. The third-order valence-corrected chi connectivity index (χ3v) is 6.43. The lowest BCUT2D eigenvalue weighted by Crippen LogP contribution is -2.39. The van der Waals surface area contributed by atoms with Crippen molar-refractivity contribution in [1.82, 2.24) is 10.6 Å². The first-order valence-corrected chi connectivity index (χ1v) is 10.9. The summed E-state index contributed by atoms with van der Waals surface area (Å²) in [4.78, 5) is 12.5. The fourth-order valence-electron chi connectivity index (χ4n) is 4.60. The zero-order valence-electron chi connectivity index (χ0n) is 17.9. The first-order valence-electron chi connectivity index (χ1n) is 10.9. The third kappa shape index (κ3) is 6.49. The average molecular weight is 462 g/mol. The molecular weight excluding hydrogens is 434 g/mol. The van der Waals surface area contributed by atoms with Gasteiger partial charge in [0.25, 0.3) is 0 Å². The van der Waals surface area contributed by atoms with E-state index >= 15 is 0 Å². The van der Waals surface area contributed by atoms with E-state index in [0.717, 1.165) is 32.1 Å². The molecule has 0 aliphatic heterocycles. The molecule has 1 aromatic rings. The van der Waals surface area contributed by atoms with Gasteiger partial charge in [-0.15, -0.1) is 0 Å². The number of amides is 1. The minimum absolute atomic E-state index is 0.0864. The van der Waals surface area contributed by atoms with Crippen LogP contribution in [0.15, 0.2) is 29.8 Å². The topological polar surface area (TPSA) is 41.1 Å². The molecule has 3 nitrogen and oxygen atoms in total. The Labute approximate surface area is 183 Å². The number of allylic oxidation sites excluding steroid dienone is 2. The van der Waals surface area contributed by atoms with Crippen LogP contribution < -0.4 is 10.6 Å². The summed E-state index contributed by atoms with van der Waals surface area (Å²) in [6.07, 6.45) is -1.30. The van der Waals surface area contributed by atoms with E-state index in [4.69, 9.17) is 0 Å². The summed E-state index contributed by atoms with van der Waals surface area (Å²) in [7, 11) is 0. The van der Waals surface area contributed by atoms with Crippen LogP contribution >= 0.6 is 0 Å². The Morgan fingerprint density at radius 1 is 0.938 bits per heavy atom. The lowest BCUT2D eigenvalue weighted by Gasteiger charge is -2.28. The van der Waals surface area contributed by atoms with E-state index in [-0.39, 0.29) is 36.0 Å². The van der Waals surface area contributed by atoms with Crippen molar-refractivity contribution in [3.8, 4) is 0 Å². The molecule has 0 unspecified atom stereocenters. The summed E-state index contributed by atoms with van der Waals surface area (Å²) in [5, 5.41) is 6.14. The molecule has 2 N–H and O–H groups in total. The van der Waals surface area contributed by atoms with E-state index in [9.17, 15) is 31.1 Å². The molecule has 178 valence electrons. The van der Waals surface area contributed by atoms with Gasteiger partial charge in [0, 0.05) is 24.5 Å². The predicted molar refractivity (Wildman–Crippen MR) is 109 cm³/mol. The molecule has 0 saturated heterocycles. The van der Waals surface area contributed by atoms with Gasteiger partial charge in [-0.1, -0.05) is 11.6 Å². The highest BCUT2D eigenvalue weighted by atomic mass is 19.4. The molecule has 32 heavy (non-hydrogen) atoms. The number of carbonyl (C=O) groups is 1. The average Bonchev–Trinajstić information content (AvgIpc) is 3.19. The largest absolute Gasteiger partial charge is 0.416 e. The maximum absolute atomic E-state index is 13.0. The smallest absolute Gasteiger partial charge is 0.352 e. The second kappa shape index (κ2) is 9.85. The normalized spacial score (nSPS) is 24.5. The van der Waals surface area contributed by atoms with E-state index in [1.165, 1.54) is 5.57 Å². The minimum Gasteiger partial charge on any atom is -0.352 e. The van der Waals surface area contributed by atoms with Gasteiger partial charge in [0.05, 0.1) is 11.1 Å². The van der Waals surface area contributed by atoms with E-state index in [0.29, 0.717) is 31.0 Å². The molecule has 2 aliphatic rings. The number of rotatable bonds is 5. The Bertz CT molecular complexity index is 804. The van der Waals surface area contributed by atoms with Crippen molar-refractivity contribution < 1.29 is 31.1 Å². The first-order chi connectivity index (χ1) is 15.0. The lowest BCUT2D eigenvalue weighted by atomic mass is 9.90. The second-order valence-corrected chi connectivity index (χ2v) is 8.73. The summed E-state index contributed by atoms with van der Waals surface area (Å²) in [5.74, 6) is -0.629. The van der Waals surface area contributed by atoms with E-state index in [2.05, 4.69) is 16.7 Å². The van der Waals surface area contributed by atoms with Crippen LogP contribution in [-0.4, -0.2) is 18.0 Å². The number of benzene rings is 1. The van der Waals surface area contributed by atoms with Gasteiger partial charge in [0.2, 0.25) is 5.91 Å². The van der Waals surface area contributed by atoms with Crippen LogP contribution in [-0.2, 0) is 23.7 Å². The van der Waals surface area contributed by atoms with Crippen molar-refractivity contribution in [2.75, 3.05) is 0 Å². The Balaban J connectivity index is 1.54. The molecule has 2 saturated carbocycles. The fourth-order valence-corrected chi connectivity index (χ4v) is 4.60. The fraction of sp³-hybridized carbons (Fsp3) is 0.609. The second-order valence-electron chi connectivity index (χ2n) is 8.73. The predicted octanol–water partition coefficient (Wildman–Crippen LogP) is 5.99. The maximum Gasteiger partial charge on any atom is 0.416 e. The minimum atomic E-state index is -4.91. The van der Waals surface area contributed by atoms with Crippen molar-refractivity contribution in [2.24, 2.45) is 5.92 Å². The van der Waals surface area contributed by atoms with Crippen LogP contribution in [0, 0.1) is 5.92 Å². The van der Waals surface area contributed by atoms with Crippen molar-refractivity contribution in [1.29, 1.82) is 0 Å². The van der Waals surface area contributed by atoms with Crippen LogP contribution in [0.3, 0.4) is 0 Å². The van der Waals surface area contributed by atoms with E-state index in [1.807, 2.05) is 6.92 Å². The molecule has 0 spiro atoms. The summed E-state index contributed by atoms with van der Waals surface area (Å²) < 4.78 is 78.0. The van der Waals surface area contributed by atoms with E-state index in [1.54, 1.807) is 0 Å². The standard InChI is InChI=1S/C23H28F6N2O/c1-2-14-3-6-19(7-4-14)31-20-8-5-16(11-20)21(32)30-13-15-9-17(22(24,25)26)12-18(10-15)23(27,28)29/h2,9-10,12,16,19-20,31H,3-8,11,13H2,1H3,(H,30,32)/t16-,19?,20+/m0/s1. The highest BCUT2D eigenvalue weighted by Gasteiger charge is 2.37. The van der Waals surface area contributed by atoms with Gasteiger partial charge in [0.15, 0.2) is 0 Å². The van der Waals surface area contributed by atoms with Gasteiger partial charge in [-0.25, -0.2) is 0 Å². The molecule has 0 heterocycles. The van der Waals surface area contributed by atoms with Gasteiger partial charge in [-0.3, -0.25) is 4.79 Å². The van der Waals surface area contributed by atoms with Crippen LogP contribution in [0.4, 0.5) is 26.3 Å². The van der Waals surface area contributed by atoms with Gasteiger partial charge in [-0.2, -0.15) is 26.3 Å².